The number of ether oxygens (including phenoxy) is 3. The predicted molar refractivity (Wildman–Crippen MR) is 91.6 cm³/mol. The van der Waals surface area contributed by atoms with E-state index in [9.17, 15) is 14.8 Å². The second kappa shape index (κ2) is 8.37. The van der Waals surface area contributed by atoms with E-state index in [1.165, 1.54) is 26.4 Å². The fourth-order valence-corrected chi connectivity index (χ4v) is 2.23. The summed E-state index contributed by atoms with van der Waals surface area (Å²) in [4.78, 5) is 13.7. The highest BCUT2D eigenvalue weighted by molar-refractivity contribution is 6.58. The van der Waals surface area contributed by atoms with Crippen molar-refractivity contribution in [1.29, 1.82) is 0 Å². The van der Waals surface area contributed by atoms with E-state index in [1.54, 1.807) is 11.9 Å². The van der Waals surface area contributed by atoms with Crippen molar-refractivity contribution in [1.82, 2.24) is 4.90 Å². The zero-order valence-electron chi connectivity index (χ0n) is 15.1. The molecule has 0 radical (unpaired) electrons. The highest BCUT2D eigenvalue weighted by atomic mass is 16.6. The SMILES string of the molecule is COc1cc(B(O)O)cc(OC)c1CN(C)CC(=O)OC(C)(C)C. The number of carbonyl (C=O) groups excluding carboxylic acids is 1. The molecule has 1 rings (SSSR count). The Morgan fingerprint density at radius 3 is 2.04 bits per heavy atom. The third-order valence-corrected chi connectivity index (χ3v) is 3.18. The van der Waals surface area contributed by atoms with Gasteiger partial charge in [0.25, 0.3) is 0 Å². The Labute approximate surface area is 143 Å². The van der Waals surface area contributed by atoms with Crippen LogP contribution in [0.25, 0.3) is 0 Å². The lowest BCUT2D eigenvalue weighted by Gasteiger charge is -2.23. The van der Waals surface area contributed by atoms with Gasteiger partial charge in [-0.15, -0.1) is 0 Å². The maximum absolute atomic E-state index is 11.9. The number of nitrogens with zero attached hydrogens (tertiary/aromatic N) is 1. The van der Waals surface area contributed by atoms with Gasteiger partial charge in [-0.3, -0.25) is 9.69 Å². The second-order valence-corrected chi connectivity index (χ2v) is 6.54. The molecule has 0 aromatic heterocycles. The van der Waals surface area contributed by atoms with Crippen molar-refractivity contribution in [2.75, 3.05) is 27.8 Å². The number of carbonyl (C=O) groups is 1. The first-order chi connectivity index (χ1) is 11.1. The van der Waals surface area contributed by atoms with Crippen LogP contribution in [-0.2, 0) is 16.1 Å². The minimum Gasteiger partial charge on any atom is -0.496 e. The van der Waals surface area contributed by atoms with Gasteiger partial charge in [-0.05, 0) is 45.4 Å². The fourth-order valence-electron chi connectivity index (χ4n) is 2.23. The number of methoxy groups -OCH3 is 2. The maximum atomic E-state index is 11.9. The molecule has 24 heavy (non-hydrogen) atoms. The summed E-state index contributed by atoms with van der Waals surface area (Å²) >= 11 is 0. The molecule has 134 valence electrons. The van der Waals surface area contributed by atoms with Gasteiger partial charge < -0.3 is 24.3 Å². The summed E-state index contributed by atoms with van der Waals surface area (Å²) in [6.07, 6.45) is 0. The number of benzene rings is 1. The largest absolute Gasteiger partial charge is 0.496 e. The van der Waals surface area contributed by atoms with Gasteiger partial charge in [0.05, 0.1) is 26.3 Å². The Hall–Kier alpha value is -1.77. The number of hydrogen-bond acceptors (Lipinski definition) is 7. The zero-order valence-corrected chi connectivity index (χ0v) is 15.1. The Morgan fingerprint density at radius 1 is 1.17 bits per heavy atom. The molecule has 0 aliphatic rings. The van der Waals surface area contributed by atoms with E-state index in [0.29, 0.717) is 23.6 Å². The number of rotatable bonds is 7. The fraction of sp³-hybridized carbons (Fsp3) is 0.562. The molecule has 0 fully saturated rings. The van der Waals surface area contributed by atoms with Crippen LogP contribution >= 0.6 is 0 Å². The zero-order chi connectivity index (χ0) is 18.5. The van der Waals surface area contributed by atoms with Gasteiger partial charge in [0, 0.05) is 6.54 Å². The minimum atomic E-state index is -1.62. The highest BCUT2D eigenvalue weighted by Gasteiger charge is 2.22. The molecule has 2 N–H and O–H groups in total. The van der Waals surface area contributed by atoms with Crippen molar-refractivity contribution in [3.05, 3.63) is 17.7 Å². The van der Waals surface area contributed by atoms with E-state index >= 15 is 0 Å². The molecule has 0 aliphatic heterocycles. The van der Waals surface area contributed by atoms with Crippen LogP contribution < -0.4 is 14.9 Å². The monoisotopic (exact) mass is 339 g/mol. The van der Waals surface area contributed by atoms with Crippen LogP contribution in [0, 0.1) is 0 Å². The molecule has 1 aromatic carbocycles. The Bertz CT molecular complexity index is 545. The van der Waals surface area contributed by atoms with E-state index in [-0.39, 0.29) is 18.0 Å². The van der Waals surface area contributed by atoms with Crippen molar-refractivity contribution in [3.8, 4) is 11.5 Å². The third-order valence-electron chi connectivity index (χ3n) is 3.18. The van der Waals surface area contributed by atoms with E-state index in [1.807, 2.05) is 20.8 Å². The lowest BCUT2D eigenvalue weighted by Crippen LogP contribution is -2.33. The van der Waals surface area contributed by atoms with Gasteiger partial charge in [-0.1, -0.05) is 0 Å². The van der Waals surface area contributed by atoms with Gasteiger partial charge in [-0.2, -0.15) is 0 Å². The quantitative estimate of drug-likeness (QED) is 0.540. The molecule has 0 saturated carbocycles. The molecule has 0 aliphatic carbocycles. The Kier molecular flexibility index (Phi) is 7.07. The smallest absolute Gasteiger partial charge is 0.488 e. The van der Waals surface area contributed by atoms with Crippen LogP contribution in [0.2, 0.25) is 0 Å². The Balaban J connectivity index is 2.95. The van der Waals surface area contributed by atoms with Crippen LogP contribution in [0.15, 0.2) is 12.1 Å². The van der Waals surface area contributed by atoms with Crippen molar-refractivity contribution in [3.63, 3.8) is 0 Å². The molecule has 1 aromatic rings. The van der Waals surface area contributed by atoms with Crippen molar-refractivity contribution < 1.29 is 29.1 Å². The topological polar surface area (TPSA) is 88.5 Å². The molecular formula is C16H26BNO6. The Morgan fingerprint density at radius 2 is 1.67 bits per heavy atom. The summed E-state index contributed by atoms with van der Waals surface area (Å²) in [6.45, 7) is 5.92. The lowest BCUT2D eigenvalue weighted by molar-refractivity contribution is -0.155. The first kappa shape index (κ1) is 20.3. The summed E-state index contributed by atoms with van der Waals surface area (Å²) in [6, 6.07) is 3.06. The average Bonchev–Trinajstić information content (AvgIpc) is 2.44. The summed E-state index contributed by atoms with van der Waals surface area (Å²) < 4.78 is 15.9. The number of likely N-dealkylation sites (N-methyl/N-ethyl adjacent to an activating group) is 1. The third kappa shape index (κ3) is 6.03. The highest BCUT2D eigenvalue weighted by Crippen LogP contribution is 2.28. The first-order valence-corrected chi connectivity index (χ1v) is 7.58. The second-order valence-electron chi connectivity index (χ2n) is 6.54. The number of esters is 1. The maximum Gasteiger partial charge on any atom is 0.488 e. The van der Waals surface area contributed by atoms with Crippen LogP contribution in [0.4, 0.5) is 0 Å². The van der Waals surface area contributed by atoms with Crippen LogP contribution in [0.1, 0.15) is 26.3 Å². The average molecular weight is 339 g/mol. The van der Waals surface area contributed by atoms with Crippen molar-refractivity contribution in [2.24, 2.45) is 0 Å². The van der Waals surface area contributed by atoms with Gasteiger partial charge in [0.1, 0.15) is 17.1 Å². The van der Waals surface area contributed by atoms with Gasteiger partial charge in [-0.25, -0.2) is 0 Å². The molecule has 0 heterocycles. The van der Waals surface area contributed by atoms with Gasteiger partial charge in [0.2, 0.25) is 0 Å². The molecule has 8 heteroatoms. The molecule has 0 amide bonds. The minimum absolute atomic E-state index is 0.105. The predicted octanol–water partition coefficient (Wildman–Crippen LogP) is 0.157. The normalized spacial score (nSPS) is 11.4. The summed E-state index contributed by atoms with van der Waals surface area (Å²) in [7, 11) is 3.12. The van der Waals surface area contributed by atoms with Crippen LogP contribution in [0.5, 0.6) is 11.5 Å². The molecule has 0 atom stereocenters. The van der Waals surface area contributed by atoms with Crippen LogP contribution in [-0.4, -0.2) is 61.4 Å². The first-order valence-electron chi connectivity index (χ1n) is 7.58. The van der Waals surface area contributed by atoms with Crippen molar-refractivity contribution >= 4 is 18.6 Å². The summed E-state index contributed by atoms with van der Waals surface area (Å²) in [5.41, 5.74) is 0.435. The number of hydrogen-bond donors (Lipinski definition) is 2. The standard InChI is InChI=1S/C16H26BNO6/c1-16(2,3)24-15(19)10-18(4)9-12-13(22-5)7-11(17(20)21)8-14(12)23-6/h7-8,20-21H,9-10H2,1-6H3. The molecular weight excluding hydrogens is 313 g/mol. The van der Waals surface area contributed by atoms with Crippen LogP contribution in [0.3, 0.4) is 0 Å². The summed E-state index contributed by atoms with van der Waals surface area (Å²) in [5.74, 6) is 0.576. The summed E-state index contributed by atoms with van der Waals surface area (Å²) in [5, 5.41) is 18.7. The van der Waals surface area contributed by atoms with Gasteiger partial charge in [0.15, 0.2) is 0 Å². The van der Waals surface area contributed by atoms with E-state index in [4.69, 9.17) is 14.2 Å². The van der Waals surface area contributed by atoms with E-state index in [0.717, 1.165) is 0 Å². The van der Waals surface area contributed by atoms with Gasteiger partial charge >= 0.3 is 13.1 Å². The molecule has 7 nitrogen and oxygen atoms in total. The lowest BCUT2D eigenvalue weighted by atomic mass is 9.79. The molecule has 0 bridgehead atoms. The molecule has 0 saturated heterocycles. The van der Waals surface area contributed by atoms with E-state index in [2.05, 4.69) is 0 Å². The molecule has 0 unspecified atom stereocenters. The molecule has 0 spiro atoms. The van der Waals surface area contributed by atoms with E-state index < -0.39 is 12.7 Å². The van der Waals surface area contributed by atoms with Crippen molar-refractivity contribution in [2.45, 2.75) is 32.9 Å².